The highest BCUT2D eigenvalue weighted by molar-refractivity contribution is 8.26. The Bertz CT molecular complexity index is 725. The number of benzene rings is 1. The van der Waals surface area contributed by atoms with Crippen molar-refractivity contribution in [1.29, 1.82) is 0 Å². The van der Waals surface area contributed by atoms with E-state index < -0.39 is 0 Å². The summed E-state index contributed by atoms with van der Waals surface area (Å²) in [4.78, 5) is 28.4. The van der Waals surface area contributed by atoms with Gasteiger partial charge in [-0.2, -0.15) is 0 Å². The number of ether oxygens (including phenoxy) is 1. The SMILES string of the molecule is O=C(CN1C(=O)C(=CC=Cc2ccccc2)SC1=S)N1CCOCC1. The lowest BCUT2D eigenvalue weighted by molar-refractivity contribution is -0.138. The topological polar surface area (TPSA) is 49.9 Å². The molecule has 0 saturated carbocycles. The maximum Gasteiger partial charge on any atom is 0.266 e. The fraction of sp³-hybridized carbons (Fsp3) is 0.278. The molecule has 5 nitrogen and oxygen atoms in total. The number of thioether (sulfide) groups is 1. The van der Waals surface area contributed by atoms with Crippen molar-refractivity contribution in [3.05, 3.63) is 53.0 Å². The Balaban J connectivity index is 1.62. The van der Waals surface area contributed by atoms with Crippen LogP contribution in [0.15, 0.2) is 47.4 Å². The van der Waals surface area contributed by atoms with Crippen molar-refractivity contribution in [3.8, 4) is 0 Å². The van der Waals surface area contributed by atoms with Crippen LogP contribution in [-0.2, 0) is 14.3 Å². The third-order valence-electron chi connectivity index (χ3n) is 3.87. The second-order valence-corrected chi connectivity index (χ2v) is 7.23. The van der Waals surface area contributed by atoms with Crippen LogP contribution in [0.4, 0.5) is 0 Å². The first kappa shape index (κ1) is 17.8. The molecule has 0 atom stereocenters. The average molecular weight is 374 g/mol. The molecule has 0 N–H and O–H groups in total. The van der Waals surface area contributed by atoms with Crippen molar-refractivity contribution < 1.29 is 14.3 Å². The van der Waals surface area contributed by atoms with Crippen LogP contribution < -0.4 is 0 Å². The van der Waals surface area contributed by atoms with E-state index in [1.807, 2.05) is 42.5 Å². The number of hydrogen-bond acceptors (Lipinski definition) is 5. The van der Waals surface area contributed by atoms with E-state index in [9.17, 15) is 9.59 Å². The Kier molecular flexibility index (Phi) is 6.01. The number of allylic oxidation sites excluding steroid dienone is 2. The smallest absolute Gasteiger partial charge is 0.266 e. The first-order valence-corrected chi connectivity index (χ1v) is 9.20. The number of morpholine rings is 1. The fourth-order valence-corrected chi connectivity index (χ4v) is 3.72. The van der Waals surface area contributed by atoms with Crippen molar-refractivity contribution in [2.45, 2.75) is 0 Å². The van der Waals surface area contributed by atoms with Crippen LogP contribution in [0.2, 0.25) is 0 Å². The quantitative estimate of drug-likeness (QED) is 0.598. The molecule has 2 heterocycles. The minimum Gasteiger partial charge on any atom is -0.378 e. The standard InChI is InChI=1S/C18H18N2O3S2/c21-16(19-9-11-23-12-10-19)13-20-17(22)15(25-18(20)24)8-4-7-14-5-2-1-3-6-14/h1-8H,9-13H2. The molecule has 3 rings (SSSR count). The summed E-state index contributed by atoms with van der Waals surface area (Å²) in [6, 6.07) is 9.83. The number of thiocarbonyl (C=S) groups is 1. The van der Waals surface area contributed by atoms with Crippen molar-refractivity contribution in [2.24, 2.45) is 0 Å². The Morgan fingerprint density at radius 2 is 1.96 bits per heavy atom. The third kappa shape index (κ3) is 4.56. The summed E-state index contributed by atoms with van der Waals surface area (Å²) < 4.78 is 5.66. The predicted octanol–water partition coefficient (Wildman–Crippen LogP) is 2.30. The molecule has 2 aliphatic heterocycles. The van der Waals surface area contributed by atoms with Crippen molar-refractivity contribution in [3.63, 3.8) is 0 Å². The Morgan fingerprint density at radius 3 is 2.68 bits per heavy atom. The van der Waals surface area contributed by atoms with Crippen LogP contribution in [0.5, 0.6) is 0 Å². The van der Waals surface area contributed by atoms with E-state index >= 15 is 0 Å². The van der Waals surface area contributed by atoms with Gasteiger partial charge in [0.2, 0.25) is 5.91 Å². The highest BCUT2D eigenvalue weighted by Crippen LogP contribution is 2.31. The maximum absolute atomic E-state index is 12.5. The zero-order chi connectivity index (χ0) is 17.6. The normalized spacial score (nSPS) is 20.1. The molecule has 2 saturated heterocycles. The molecule has 7 heteroatoms. The number of hydrogen-bond donors (Lipinski definition) is 0. The largest absolute Gasteiger partial charge is 0.378 e. The molecular weight excluding hydrogens is 356 g/mol. The second-order valence-electron chi connectivity index (χ2n) is 5.55. The lowest BCUT2D eigenvalue weighted by atomic mass is 10.2. The first-order valence-electron chi connectivity index (χ1n) is 7.98. The van der Waals surface area contributed by atoms with Crippen molar-refractivity contribution in [1.82, 2.24) is 9.80 Å². The van der Waals surface area contributed by atoms with Gasteiger partial charge in [-0.15, -0.1) is 0 Å². The Hall–Kier alpha value is -1.96. The van der Waals surface area contributed by atoms with Crippen LogP contribution in [0.1, 0.15) is 5.56 Å². The highest BCUT2D eigenvalue weighted by Gasteiger charge is 2.34. The van der Waals surface area contributed by atoms with Crippen LogP contribution >= 0.6 is 24.0 Å². The molecule has 1 aromatic rings. The summed E-state index contributed by atoms with van der Waals surface area (Å²) >= 11 is 6.49. The average Bonchev–Trinajstić information content (AvgIpc) is 2.91. The zero-order valence-corrected chi connectivity index (χ0v) is 15.2. The zero-order valence-electron chi connectivity index (χ0n) is 13.6. The Morgan fingerprint density at radius 1 is 1.24 bits per heavy atom. The third-order valence-corrected chi connectivity index (χ3v) is 5.26. The molecule has 0 aromatic heterocycles. The van der Waals surface area contributed by atoms with Gasteiger partial charge in [0, 0.05) is 13.1 Å². The van der Waals surface area contributed by atoms with Crippen LogP contribution in [0, 0.1) is 0 Å². The molecule has 0 spiro atoms. The number of carbonyl (C=O) groups is 2. The predicted molar refractivity (Wildman–Crippen MR) is 103 cm³/mol. The number of amides is 2. The molecule has 1 aromatic carbocycles. The van der Waals surface area contributed by atoms with Crippen molar-refractivity contribution >= 4 is 46.2 Å². The highest BCUT2D eigenvalue weighted by atomic mass is 32.2. The number of carbonyl (C=O) groups excluding carboxylic acids is 2. The van der Waals surface area contributed by atoms with Crippen molar-refractivity contribution in [2.75, 3.05) is 32.8 Å². The van der Waals surface area contributed by atoms with E-state index in [2.05, 4.69) is 0 Å². The molecule has 2 amide bonds. The Labute approximate surface area is 156 Å². The monoisotopic (exact) mass is 374 g/mol. The van der Waals surface area contributed by atoms with Gasteiger partial charge in [-0.1, -0.05) is 66.5 Å². The molecule has 0 bridgehead atoms. The summed E-state index contributed by atoms with van der Waals surface area (Å²) in [5, 5.41) is 0. The van der Waals surface area contributed by atoms with E-state index in [-0.39, 0.29) is 18.4 Å². The first-order chi connectivity index (χ1) is 12.1. The summed E-state index contributed by atoms with van der Waals surface area (Å²) in [5.41, 5.74) is 1.05. The molecule has 2 aliphatic rings. The van der Waals surface area contributed by atoms with Gasteiger partial charge in [0.05, 0.1) is 18.1 Å². The molecule has 0 radical (unpaired) electrons. The summed E-state index contributed by atoms with van der Waals surface area (Å²) in [5.74, 6) is -0.310. The molecule has 130 valence electrons. The summed E-state index contributed by atoms with van der Waals surface area (Å²) in [6.45, 7) is 2.18. The van der Waals surface area contributed by atoms with E-state index in [4.69, 9.17) is 17.0 Å². The van der Waals surface area contributed by atoms with E-state index in [0.29, 0.717) is 35.5 Å². The lowest BCUT2D eigenvalue weighted by Crippen LogP contribution is -2.46. The molecular formula is C18H18N2O3S2. The van der Waals surface area contributed by atoms with Crippen LogP contribution in [0.25, 0.3) is 6.08 Å². The van der Waals surface area contributed by atoms with E-state index in [1.165, 1.54) is 16.7 Å². The van der Waals surface area contributed by atoms with Gasteiger partial charge in [0.15, 0.2) is 0 Å². The van der Waals surface area contributed by atoms with Gasteiger partial charge in [0.1, 0.15) is 10.9 Å². The van der Waals surface area contributed by atoms with Gasteiger partial charge in [0.25, 0.3) is 5.91 Å². The lowest BCUT2D eigenvalue weighted by Gasteiger charge is -2.28. The minimum atomic E-state index is -0.214. The number of nitrogens with zero attached hydrogens (tertiary/aromatic N) is 2. The minimum absolute atomic E-state index is 0.00952. The summed E-state index contributed by atoms with van der Waals surface area (Å²) in [6.07, 6.45) is 5.49. The van der Waals surface area contributed by atoms with Gasteiger partial charge < -0.3 is 9.64 Å². The summed E-state index contributed by atoms with van der Waals surface area (Å²) in [7, 11) is 0. The van der Waals surface area contributed by atoms with Crippen LogP contribution in [-0.4, -0.2) is 58.8 Å². The molecule has 25 heavy (non-hydrogen) atoms. The van der Waals surface area contributed by atoms with E-state index in [1.54, 1.807) is 11.0 Å². The second kappa shape index (κ2) is 8.42. The van der Waals surface area contributed by atoms with Gasteiger partial charge in [-0.25, -0.2) is 0 Å². The van der Waals surface area contributed by atoms with Crippen LogP contribution in [0.3, 0.4) is 0 Å². The van der Waals surface area contributed by atoms with Gasteiger partial charge >= 0.3 is 0 Å². The number of rotatable bonds is 4. The van der Waals surface area contributed by atoms with E-state index in [0.717, 1.165) is 5.56 Å². The molecule has 2 fully saturated rings. The maximum atomic E-state index is 12.5. The van der Waals surface area contributed by atoms with Gasteiger partial charge in [-0.05, 0) is 11.6 Å². The van der Waals surface area contributed by atoms with Gasteiger partial charge in [-0.3, -0.25) is 14.5 Å². The molecule has 0 unspecified atom stereocenters. The fourth-order valence-electron chi connectivity index (χ4n) is 2.51. The molecule has 0 aliphatic carbocycles.